The van der Waals surface area contributed by atoms with Gasteiger partial charge in [0, 0.05) is 13.6 Å². The summed E-state index contributed by atoms with van der Waals surface area (Å²) in [6.45, 7) is 0.479. The van der Waals surface area contributed by atoms with E-state index in [2.05, 4.69) is 0 Å². The number of benzene rings is 2. The van der Waals surface area contributed by atoms with E-state index in [4.69, 9.17) is 19.5 Å². The minimum atomic E-state index is -0.132. The van der Waals surface area contributed by atoms with Crippen molar-refractivity contribution in [3.05, 3.63) is 53.6 Å². The Morgan fingerprint density at radius 3 is 2.58 bits per heavy atom. The third kappa shape index (κ3) is 5.15. The van der Waals surface area contributed by atoms with Gasteiger partial charge < -0.3 is 19.1 Å². The summed E-state index contributed by atoms with van der Waals surface area (Å²) in [5.74, 6) is 1.71. The average molecular weight is 354 g/mol. The van der Waals surface area contributed by atoms with Gasteiger partial charge in [0.25, 0.3) is 5.91 Å². The number of rotatable bonds is 8. The Morgan fingerprint density at radius 1 is 1.12 bits per heavy atom. The molecule has 0 aromatic heterocycles. The van der Waals surface area contributed by atoms with Gasteiger partial charge in [-0.15, -0.1) is 0 Å². The van der Waals surface area contributed by atoms with Crippen LogP contribution in [0.5, 0.6) is 17.2 Å². The summed E-state index contributed by atoms with van der Waals surface area (Å²) in [5, 5.41) is 8.88. The van der Waals surface area contributed by atoms with Crippen molar-refractivity contribution in [2.75, 3.05) is 34.4 Å². The highest BCUT2D eigenvalue weighted by molar-refractivity contribution is 5.77. The largest absolute Gasteiger partial charge is 0.493 e. The van der Waals surface area contributed by atoms with Crippen molar-refractivity contribution in [2.24, 2.45) is 0 Å². The van der Waals surface area contributed by atoms with Crippen molar-refractivity contribution in [3.8, 4) is 23.3 Å². The van der Waals surface area contributed by atoms with Crippen LogP contribution in [0.3, 0.4) is 0 Å². The van der Waals surface area contributed by atoms with Crippen LogP contribution in [0.4, 0.5) is 0 Å². The van der Waals surface area contributed by atoms with Crippen LogP contribution in [-0.2, 0) is 11.2 Å². The molecule has 0 bridgehead atoms. The van der Waals surface area contributed by atoms with Crippen LogP contribution in [0, 0.1) is 11.3 Å². The quantitative estimate of drug-likeness (QED) is 0.729. The van der Waals surface area contributed by atoms with E-state index in [1.54, 1.807) is 50.4 Å². The van der Waals surface area contributed by atoms with E-state index in [9.17, 15) is 4.79 Å². The lowest BCUT2D eigenvalue weighted by Gasteiger charge is -2.18. The molecule has 2 rings (SSSR count). The van der Waals surface area contributed by atoms with Gasteiger partial charge in [-0.1, -0.05) is 12.1 Å². The lowest BCUT2D eigenvalue weighted by Crippen LogP contribution is -2.33. The molecule has 0 atom stereocenters. The van der Waals surface area contributed by atoms with Crippen molar-refractivity contribution in [1.29, 1.82) is 5.26 Å². The van der Waals surface area contributed by atoms with Crippen LogP contribution >= 0.6 is 0 Å². The number of nitriles is 1. The first kappa shape index (κ1) is 19.1. The predicted octanol–water partition coefficient (Wildman–Crippen LogP) is 2.66. The number of carbonyl (C=O) groups is 1. The summed E-state index contributed by atoms with van der Waals surface area (Å²) in [6, 6.07) is 14.5. The second-order valence-corrected chi connectivity index (χ2v) is 5.68. The van der Waals surface area contributed by atoms with E-state index >= 15 is 0 Å². The van der Waals surface area contributed by atoms with E-state index in [1.165, 1.54) is 0 Å². The van der Waals surface area contributed by atoms with Gasteiger partial charge in [0.05, 0.1) is 25.9 Å². The molecule has 0 aliphatic rings. The second-order valence-electron chi connectivity index (χ2n) is 5.68. The summed E-state index contributed by atoms with van der Waals surface area (Å²) in [6.07, 6.45) is 0.687. The molecule has 0 aliphatic heterocycles. The molecule has 0 saturated heterocycles. The number of amides is 1. The molecule has 0 unspecified atom stereocenters. The van der Waals surface area contributed by atoms with Crippen molar-refractivity contribution in [2.45, 2.75) is 6.42 Å². The van der Waals surface area contributed by atoms with Crippen molar-refractivity contribution >= 4 is 5.91 Å². The first-order valence-electron chi connectivity index (χ1n) is 8.15. The fourth-order valence-electron chi connectivity index (χ4n) is 2.37. The zero-order chi connectivity index (χ0) is 18.9. The smallest absolute Gasteiger partial charge is 0.260 e. The summed E-state index contributed by atoms with van der Waals surface area (Å²) in [7, 11) is 4.92. The molecule has 1 amide bonds. The van der Waals surface area contributed by atoms with Gasteiger partial charge in [-0.25, -0.2) is 0 Å². The van der Waals surface area contributed by atoms with Crippen LogP contribution in [-0.4, -0.2) is 45.2 Å². The molecule has 0 saturated carbocycles. The first-order valence-corrected chi connectivity index (χ1v) is 8.15. The van der Waals surface area contributed by atoms with Crippen molar-refractivity contribution in [1.82, 2.24) is 4.90 Å². The molecule has 0 radical (unpaired) electrons. The summed E-state index contributed by atoms with van der Waals surface area (Å²) < 4.78 is 16.0. The number of carbonyl (C=O) groups excluding carboxylic acids is 1. The zero-order valence-electron chi connectivity index (χ0n) is 15.2. The molecule has 0 heterocycles. The number of ether oxygens (including phenoxy) is 3. The standard InChI is InChI=1S/C20H22N2O4/c1-22(10-9-15-7-8-18(24-2)19(12-15)25-3)20(23)14-26-17-6-4-5-16(11-17)13-21/h4-8,11-12H,9-10,14H2,1-3H3. The van der Waals surface area contributed by atoms with Crippen LogP contribution in [0.1, 0.15) is 11.1 Å². The summed E-state index contributed by atoms with van der Waals surface area (Å²) in [5.41, 5.74) is 1.54. The molecular weight excluding hydrogens is 332 g/mol. The highest BCUT2D eigenvalue weighted by Gasteiger charge is 2.11. The lowest BCUT2D eigenvalue weighted by molar-refractivity contribution is -0.132. The molecule has 136 valence electrons. The van der Waals surface area contributed by atoms with E-state index in [1.807, 2.05) is 24.3 Å². The number of hydrogen-bond acceptors (Lipinski definition) is 5. The molecule has 0 N–H and O–H groups in total. The average Bonchev–Trinajstić information content (AvgIpc) is 2.69. The molecule has 2 aromatic carbocycles. The Labute approximate surface area is 153 Å². The number of hydrogen-bond donors (Lipinski definition) is 0. The summed E-state index contributed by atoms with van der Waals surface area (Å²) in [4.78, 5) is 13.8. The maximum absolute atomic E-state index is 12.2. The van der Waals surface area contributed by atoms with E-state index in [-0.39, 0.29) is 12.5 Å². The van der Waals surface area contributed by atoms with Crippen LogP contribution in [0.2, 0.25) is 0 Å². The molecule has 0 aliphatic carbocycles. The van der Waals surface area contributed by atoms with Gasteiger partial charge in [-0.05, 0) is 42.3 Å². The van der Waals surface area contributed by atoms with Gasteiger partial charge in [0.2, 0.25) is 0 Å². The summed E-state index contributed by atoms with van der Waals surface area (Å²) >= 11 is 0. The van der Waals surface area contributed by atoms with Gasteiger partial charge in [-0.3, -0.25) is 4.79 Å². The SMILES string of the molecule is COc1ccc(CCN(C)C(=O)COc2cccc(C#N)c2)cc1OC. The molecule has 6 nitrogen and oxygen atoms in total. The van der Waals surface area contributed by atoms with E-state index < -0.39 is 0 Å². The number of methoxy groups -OCH3 is 2. The Morgan fingerprint density at radius 2 is 1.88 bits per heavy atom. The monoisotopic (exact) mass is 354 g/mol. The zero-order valence-corrected chi connectivity index (χ0v) is 15.2. The Balaban J connectivity index is 1.86. The highest BCUT2D eigenvalue weighted by atomic mass is 16.5. The van der Waals surface area contributed by atoms with E-state index in [0.29, 0.717) is 35.8 Å². The first-order chi connectivity index (χ1) is 12.6. The van der Waals surface area contributed by atoms with Gasteiger partial charge in [-0.2, -0.15) is 5.26 Å². The third-order valence-electron chi connectivity index (χ3n) is 3.94. The maximum Gasteiger partial charge on any atom is 0.260 e. The molecule has 2 aromatic rings. The van der Waals surface area contributed by atoms with Gasteiger partial charge >= 0.3 is 0 Å². The number of nitrogens with zero attached hydrogens (tertiary/aromatic N) is 2. The van der Waals surface area contributed by atoms with E-state index in [0.717, 1.165) is 5.56 Å². The topological polar surface area (TPSA) is 71.8 Å². The normalized spacial score (nSPS) is 9.92. The molecule has 0 fully saturated rings. The van der Waals surface area contributed by atoms with Crippen LogP contribution < -0.4 is 14.2 Å². The van der Waals surface area contributed by atoms with Crippen molar-refractivity contribution < 1.29 is 19.0 Å². The minimum Gasteiger partial charge on any atom is -0.493 e. The fraction of sp³-hybridized carbons (Fsp3) is 0.300. The predicted molar refractivity (Wildman–Crippen MR) is 97.5 cm³/mol. The molecular formula is C20H22N2O4. The molecule has 26 heavy (non-hydrogen) atoms. The van der Waals surface area contributed by atoms with Crippen LogP contribution in [0.15, 0.2) is 42.5 Å². The molecule has 6 heteroatoms. The maximum atomic E-state index is 12.2. The fourth-order valence-corrected chi connectivity index (χ4v) is 2.37. The number of likely N-dealkylation sites (N-methyl/N-ethyl adjacent to an activating group) is 1. The lowest BCUT2D eigenvalue weighted by atomic mass is 10.1. The minimum absolute atomic E-state index is 0.0721. The Bertz CT molecular complexity index is 799. The van der Waals surface area contributed by atoms with Gasteiger partial charge in [0.15, 0.2) is 18.1 Å². The molecule has 0 spiro atoms. The third-order valence-corrected chi connectivity index (χ3v) is 3.94. The Kier molecular flexibility index (Phi) is 6.86. The van der Waals surface area contributed by atoms with Crippen molar-refractivity contribution in [3.63, 3.8) is 0 Å². The Hall–Kier alpha value is -3.20. The van der Waals surface area contributed by atoms with Crippen LogP contribution in [0.25, 0.3) is 0 Å². The second kappa shape index (κ2) is 9.33. The van der Waals surface area contributed by atoms with Gasteiger partial charge in [0.1, 0.15) is 5.75 Å². The highest BCUT2D eigenvalue weighted by Crippen LogP contribution is 2.27.